The predicted octanol–water partition coefficient (Wildman–Crippen LogP) is 4.97. The van der Waals surface area contributed by atoms with Crippen molar-refractivity contribution in [3.63, 3.8) is 0 Å². The minimum atomic E-state index is -1.84. The number of hydrogen-bond donors (Lipinski definition) is 0. The van der Waals surface area contributed by atoms with Crippen LogP contribution in [-0.2, 0) is 20.6 Å². The third-order valence-corrected chi connectivity index (χ3v) is 9.11. The lowest BCUT2D eigenvalue weighted by atomic mass is 10.2. The van der Waals surface area contributed by atoms with Gasteiger partial charge in [-0.3, -0.25) is 0 Å². The molecule has 0 saturated heterocycles. The molecule has 0 unspecified atom stereocenters. The predicted molar refractivity (Wildman–Crippen MR) is 108 cm³/mol. The second-order valence-corrected chi connectivity index (χ2v) is 12.7. The normalized spacial score (nSPS) is 12.4. The van der Waals surface area contributed by atoms with Gasteiger partial charge in [-0.15, -0.1) is 0 Å². The van der Waals surface area contributed by atoms with Crippen molar-refractivity contribution in [1.29, 1.82) is 0 Å². The molecule has 0 saturated carbocycles. The van der Waals surface area contributed by atoms with E-state index >= 15 is 0 Å². The topological polar surface area (TPSA) is 57.7 Å². The quantitative estimate of drug-likeness (QED) is 0.262. The Balaban J connectivity index is 2.83. The average molecular weight is 380 g/mol. The summed E-state index contributed by atoms with van der Waals surface area (Å²) in [7, 11) is -0.264. The summed E-state index contributed by atoms with van der Waals surface area (Å²) >= 11 is 0. The van der Waals surface area contributed by atoms with Crippen LogP contribution < -0.4 is 4.74 Å². The largest absolute Gasteiger partial charge is 0.481 e. The number of nitrogens with zero attached hydrogens (tertiary/aromatic N) is 1. The van der Waals surface area contributed by atoms with Crippen LogP contribution in [0.1, 0.15) is 51.8 Å². The Hall–Kier alpha value is -1.66. The standard InChI is InChI=1S/C20H33NO4Si/c1-8-9-12-24-19(22)11-10-17-13-16(14-18(21-17)23-5)15-25-26(6,7)20(2,3)4/h10-11,13-14H,8-9,12,15H2,1-7H3. The van der Waals surface area contributed by atoms with Gasteiger partial charge in [-0.05, 0) is 42.3 Å². The first-order valence-corrected chi connectivity index (χ1v) is 12.0. The van der Waals surface area contributed by atoms with Crippen molar-refractivity contribution in [2.45, 2.75) is 65.3 Å². The number of carbonyl (C=O) groups is 1. The fourth-order valence-electron chi connectivity index (χ4n) is 1.85. The Labute approximate surface area is 158 Å². The van der Waals surface area contributed by atoms with Gasteiger partial charge < -0.3 is 13.9 Å². The Bertz CT molecular complexity index is 621. The lowest BCUT2D eigenvalue weighted by molar-refractivity contribution is -0.137. The van der Waals surface area contributed by atoms with Crippen molar-refractivity contribution in [2.24, 2.45) is 0 Å². The van der Waals surface area contributed by atoms with E-state index in [0.717, 1.165) is 18.4 Å². The second-order valence-electron chi connectivity index (χ2n) is 7.85. The van der Waals surface area contributed by atoms with E-state index in [1.54, 1.807) is 13.2 Å². The van der Waals surface area contributed by atoms with Crippen LogP contribution >= 0.6 is 0 Å². The zero-order valence-corrected chi connectivity index (χ0v) is 18.2. The van der Waals surface area contributed by atoms with E-state index in [4.69, 9.17) is 13.9 Å². The first-order valence-electron chi connectivity index (χ1n) is 9.13. The molecule has 0 aliphatic rings. The van der Waals surface area contributed by atoms with Crippen molar-refractivity contribution in [1.82, 2.24) is 4.98 Å². The number of hydrogen-bond acceptors (Lipinski definition) is 5. The number of methoxy groups -OCH3 is 1. The Kier molecular flexibility index (Phi) is 8.50. The summed E-state index contributed by atoms with van der Waals surface area (Å²) in [5.74, 6) is 0.141. The van der Waals surface area contributed by atoms with Crippen LogP contribution in [0.5, 0.6) is 5.88 Å². The molecule has 0 aromatic carbocycles. The molecule has 0 bridgehead atoms. The number of rotatable bonds is 9. The number of unbranched alkanes of at least 4 members (excludes halogenated alkanes) is 1. The third-order valence-electron chi connectivity index (χ3n) is 4.63. The lowest BCUT2D eigenvalue weighted by Gasteiger charge is -2.36. The van der Waals surface area contributed by atoms with Crippen LogP contribution in [0.25, 0.3) is 6.08 Å². The SMILES string of the molecule is CCCCOC(=O)C=Cc1cc(CO[Si](C)(C)C(C)(C)C)cc(OC)n1. The average Bonchev–Trinajstić information content (AvgIpc) is 2.57. The first-order chi connectivity index (χ1) is 12.1. The number of carbonyl (C=O) groups excluding carboxylic acids is 1. The molecule has 0 N–H and O–H groups in total. The van der Waals surface area contributed by atoms with E-state index in [0.29, 0.717) is 24.8 Å². The Morgan fingerprint density at radius 2 is 1.96 bits per heavy atom. The number of esters is 1. The summed E-state index contributed by atoms with van der Waals surface area (Å²) < 4.78 is 16.7. The maximum Gasteiger partial charge on any atom is 0.330 e. The van der Waals surface area contributed by atoms with Gasteiger partial charge in [0.25, 0.3) is 0 Å². The molecule has 0 amide bonds. The highest BCUT2D eigenvalue weighted by atomic mass is 28.4. The summed E-state index contributed by atoms with van der Waals surface area (Å²) in [6.45, 7) is 14.1. The fraction of sp³-hybridized carbons (Fsp3) is 0.600. The van der Waals surface area contributed by atoms with Crippen LogP contribution in [0.2, 0.25) is 18.1 Å². The van der Waals surface area contributed by atoms with Gasteiger partial charge in [0.15, 0.2) is 8.32 Å². The van der Waals surface area contributed by atoms with E-state index < -0.39 is 8.32 Å². The smallest absolute Gasteiger partial charge is 0.330 e. The van der Waals surface area contributed by atoms with Crippen LogP contribution in [0.15, 0.2) is 18.2 Å². The molecular formula is C20H33NO4Si. The van der Waals surface area contributed by atoms with Gasteiger partial charge in [-0.25, -0.2) is 9.78 Å². The fourth-order valence-corrected chi connectivity index (χ4v) is 2.81. The molecule has 0 fully saturated rings. The molecule has 26 heavy (non-hydrogen) atoms. The minimum absolute atomic E-state index is 0.148. The van der Waals surface area contributed by atoms with E-state index in [9.17, 15) is 4.79 Å². The summed E-state index contributed by atoms with van der Waals surface area (Å²) in [5, 5.41) is 0.148. The van der Waals surface area contributed by atoms with Crippen molar-refractivity contribution in [3.8, 4) is 5.88 Å². The first kappa shape index (κ1) is 22.4. The van der Waals surface area contributed by atoms with Crippen LogP contribution in [0, 0.1) is 0 Å². The molecule has 146 valence electrons. The minimum Gasteiger partial charge on any atom is -0.481 e. The van der Waals surface area contributed by atoms with Gasteiger partial charge in [-0.1, -0.05) is 34.1 Å². The lowest BCUT2D eigenvalue weighted by Crippen LogP contribution is -2.40. The zero-order chi connectivity index (χ0) is 19.8. The van der Waals surface area contributed by atoms with Gasteiger partial charge >= 0.3 is 5.97 Å². The summed E-state index contributed by atoms with van der Waals surface area (Å²) in [4.78, 5) is 16.1. The molecule has 0 aliphatic heterocycles. The zero-order valence-electron chi connectivity index (χ0n) is 17.2. The van der Waals surface area contributed by atoms with Crippen molar-refractivity contribution < 1.29 is 18.7 Å². The highest BCUT2D eigenvalue weighted by molar-refractivity contribution is 6.74. The summed E-state index contributed by atoms with van der Waals surface area (Å²) in [6.07, 6.45) is 4.90. The second kappa shape index (κ2) is 9.88. The van der Waals surface area contributed by atoms with Gasteiger partial charge in [0.2, 0.25) is 5.88 Å². The molecule has 0 spiro atoms. The molecular weight excluding hydrogens is 346 g/mol. The molecule has 0 aliphatic carbocycles. The van der Waals surface area contributed by atoms with E-state index in [1.165, 1.54) is 6.08 Å². The Morgan fingerprint density at radius 3 is 2.54 bits per heavy atom. The summed E-state index contributed by atoms with van der Waals surface area (Å²) in [5.41, 5.74) is 1.62. The van der Waals surface area contributed by atoms with E-state index in [2.05, 4.69) is 45.8 Å². The monoisotopic (exact) mass is 379 g/mol. The van der Waals surface area contributed by atoms with Crippen LogP contribution in [-0.4, -0.2) is 33.0 Å². The number of ether oxygens (including phenoxy) is 2. The molecule has 6 heteroatoms. The van der Waals surface area contributed by atoms with Gasteiger partial charge in [-0.2, -0.15) is 0 Å². The molecule has 1 aromatic heterocycles. The molecule has 5 nitrogen and oxygen atoms in total. The molecule has 1 heterocycles. The highest BCUT2D eigenvalue weighted by Gasteiger charge is 2.37. The van der Waals surface area contributed by atoms with Crippen LogP contribution in [0.4, 0.5) is 0 Å². The van der Waals surface area contributed by atoms with Crippen molar-refractivity contribution in [3.05, 3.63) is 29.5 Å². The third kappa shape index (κ3) is 7.29. The van der Waals surface area contributed by atoms with Crippen molar-refractivity contribution in [2.75, 3.05) is 13.7 Å². The number of pyridine rings is 1. The summed E-state index contributed by atoms with van der Waals surface area (Å²) in [6, 6.07) is 3.77. The maximum absolute atomic E-state index is 11.7. The van der Waals surface area contributed by atoms with E-state index in [1.807, 2.05) is 12.1 Å². The van der Waals surface area contributed by atoms with Gasteiger partial charge in [0.1, 0.15) is 0 Å². The van der Waals surface area contributed by atoms with Crippen LogP contribution in [0.3, 0.4) is 0 Å². The molecule has 0 atom stereocenters. The molecule has 0 radical (unpaired) electrons. The van der Waals surface area contributed by atoms with Gasteiger partial charge in [0, 0.05) is 12.1 Å². The highest BCUT2D eigenvalue weighted by Crippen LogP contribution is 2.37. The maximum atomic E-state index is 11.7. The molecule has 1 aromatic rings. The van der Waals surface area contributed by atoms with E-state index in [-0.39, 0.29) is 11.0 Å². The number of aromatic nitrogens is 1. The van der Waals surface area contributed by atoms with Gasteiger partial charge in [0.05, 0.1) is 26.0 Å². The van der Waals surface area contributed by atoms with Crippen molar-refractivity contribution >= 4 is 20.4 Å². The Morgan fingerprint density at radius 1 is 1.27 bits per heavy atom. The molecule has 1 rings (SSSR count).